The Morgan fingerprint density at radius 1 is 1.31 bits per heavy atom. The molecule has 1 fully saturated rings. The molecule has 0 radical (unpaired) electrons. The predicted octanol–water partition coefficient (Wildman–Crippen LogP) is 1.84. The zero-order valence-electron chi connectivity index (χ0n) is 7.51. The van der Waals surface area contributed by atoms with E-state index in [1.165, 1.54) is 24.9 Å². The highest BCUT2D eigenvalue weighted by atomic mass is 15.1. The standard InChI is InChI=1S/C10H13N3/c1-3-10(4-1)7-12-9-6-11-5-2-8(9)13-10/h2,5-6,12-13H,1,3-4,7H2. The fraction of sp³-hybridized carbons (Fsp3) is 0.500. The Labute approximate surface area is 77.6 Å². The molecule has 68 valence electrons. The number of hydrogen-bond acceptors (Lipinski definition) is 3. The van der Waals surface area contributed by atoms with Crippen molar-refractivity contribution >= 4 is 11.4 Å². The van der Waals surface area contributed by atoms with Crippen LogP contribution in [0.15, 0.2) is 18.5 Å². The molecule has 1 saturated carbocycles. The molecule has 2 aliphatic rings. The molecule has 1 spiro atoms. The predicted molar refractivity (Wildman–Crippen MR) is 52.9 cm³/mol. The summed E-state index contributed by atoms with van der Waals surface area (Å²) >= 11 is 0. The van der Waals surface area contributed by atoms with Crippen molar-refractivity contribution in [2.24, 2.45) is 0 Å². The van der Waals surface area contributed by atoms with Crippen LogP contribution in [0.4, 0.5) is 11.4 Å². The fourth-order valence-electron chi connectivity index (χ4n) is 2.14. The summed E-state index contributed by atoms with van der Waals surface area (Å²) in [5, 5.41) is 7.04. The Morgan fingerprint density at radius 3 is 3.00 bits per heavy atom. The quantitative estimate of drug-likeness (QED) is 0.631. The average molecular weight is 175 g/mol. The minimum absolute atomic E-state index is 0.356. The molecule has 0 atom stereocenters. The molecule has 2 N–H and O–H groups in total. The van der Waals surface area contributed by atoms with Crippen molar-refractivity contribution in [2.45, 2.75) is 24.8 Å². The van der Waals surface area contributed by atoms with E-state index in [0.29, 0.717) is 5.54 Å². The SMILES string of the molecule is c1cc2c(cn1)NCC1(CCC1)N2. The maximum atomic E-state index is 4.09. The first-order chi connectivity index (χ1) is 6.38. The molecule has 3 nitrogen and oxygen atoms in total. The van der Waals surface area contributed by atoms with Gasteiger partial charge in [0.15, 0.2) is 0 Å². The Hall–Kier alpha value is -1.25. The van der Waals surface area contributed by atoms with E-state index in [9.17, 15) is 0 Å². The monoisotopic (exact) mass is 175 g/mol. The lowest BCUT2D eigenvalue weighted by atomic mass is 9.75. The molecule has 1 aliphatic carbocycles. The van der Waals surface area contributed by atoms with Gasteiger partial charge in [0.2, 0.25) is 0 Å². The van der Waals surface area contributed by atoms with Crippen LogP contribution in [0.2, 0.25) is 0 Å². The molecule has 3 heteroatoms. The van der Waals surface area contributed by atoms with E-state index in [0.717, 1.165) is 12.2 Å². The van der Waals surface area contributed by atoms with Gasteiger partial charge < -0.3 is 10.6 Å². The highest BCUT2D eigenvalue weighted by Gasteiger charge is 2.39. The van der Waals surface area contributed by atoms with E-state index in [2.05, 4.69) is 15.6 Å². The number of rotatable bonds is 0. The smallest absolute Gasteiger partial charge is 0.0763 e. The summed E-state index contributed by atoms with van der Waals surface area (Å²) in [4.78, 5) is 4.09. The first-order valence-corrected chi connectivity index (χ1v) is 4.84. The second-order valence-corrected chi connectivity index (χ2v) is 4.03. The maximum absolute atomic E-state index is 4.09. The molecule has 3 rings (SSSR count). The average Bonchev–Trinajstić information content (AvgIpc) is 2.15. The van der Waals surface area contributed by atoms with E-state index in [-0.39, 0.29) is 0 Å². The molecule has 0 unspecified atom stereocenters. The van der Waals surface area contributed by atoms with Crippen LogP contribution in [-0.2, 0) is 0 Å². The van der Waals surface area contributed by atoms with E-state index in [1.54, 1.807) is 0 Å². The molecule has 0 amide bonds. The van der Waals surface area contributed by atoms with Crippen molar-refractivity contribution in [3.63, 3.8) is 0 Å². The molecular formula is C10H13N3. The minimum atomic E-state index is 0.356. The molecular weight excluding hydrogens is 162 g/mol. The van der Waals surface area contributed by atoms with Crippen molar-refractivity contribution in [3.8, 4) is 0 Å². The molecule has 1 aromatic rings. The van der Waals surface area contributed by atoms with Gasteiger partial charge in [-0.3, -0.25) is 4.98 Å². The van der Waals surface area contributed by atoms with Crippen molar-refractivity contribution < 1.29 is 0 Å². The molecule has 0 saturated heterocycles. The molecule has 1 aliphatic heterocycles. The fourth-order valence-corrected chi connectivity index (χ4v) is 2.14. The van der Waals surface area contributed by atoms with Gasteiger partial charge in [0.05, 0.1) is 23.1 Å². The lowest BCUT2D eigenvalue weighted by molar-refractivity contribution is 0.291. The molecule has 2 heterocycles. The minimum Gasteiger partial charge on any atom is -0.380 e. The topological polar surface area (TPSA) is 37.0 Å². The number of nitrogens with one attached hydrogen (secondary N) is 2. The third-order valence-corrected chi connectivity index (χ3v) is 3.15. The van der Waals surface area contributed by atoms with Gasteiger partial charge >= 0.3 is 0 Å². The van der Waals surface area contributed by atoms with E-state index < -0.39 is 0 Å². The zero-order valence-corrected chi connectivity index (χ0v) is 7.51. The van der Waals surface area contributed by atoms with Crippen molar-refractivity contribution in [2.75, 3.05) is 17.2 Å². The number of pyridine rings is 1. The zero-order chi connectivity index (χ0) is 8.73. The first kappa shape index (κ1) is 7.18. The van der Waals surface area contributed by atoms with E-state index in [4.69, 9.17) is 0 Å². The Bertz CT molecular complexity index is 331. The second kappa shape index (κ2) is 2.37. The summed E-state index contributed by atoms with van der Waals surface area (Å²) in [6, 6.07) is 2.04. The first-order valence-electron chi connectivity index (χ1n) is 4.84. The summed E-state index contributed by atoms with van der Waals surface area (Å²) in [5.41, 5.74) is 2.70. The van der Waals surface area contributed by atoms with Crippen molar-refractivity contribution in [3.05, 3.63) is 18.5 Å². The van der Waals surface area contributed by atoms with Gasteiger partial charge in [0.25, 0.3) is 0 Å². The van der Waals surface area contributed by atoms with Crippen LogP contribution in [0.25, 0.3) is 0 Å². The van der Waals surface area contributed by atoms with E-state index >= 15 is 0 Å². The summed E-state index contributed by atoms with van der Waals surface area (Å²) in [5.74, 6) is 0. The van der Waals surface area contributed by atoms with Crippen LogP contribution in [0.5, 0.6) is 0 Å². The van der Waals surface area contributed by atoms with Crippen LogP contribution < -0.4 is 10.6 Å². The summed E-state index contributed by atoms with van der Waals surface area (Å²) in [6.45, 7) is 1.05. The number of fused-ring (bicyclic) bond motifs is 1. The van der Waals surface area contributed by atoms with Gasteiger partial charge in [-0.2, -0.15) is 0 Å². The largest absolute Gasteiger partial charge is 0.380 e. The highest BCUT2D eigenvalue weighted by Crippen LogP contribution is 2.40. The van der Waals surface area contributed by atoms with Crippen LogP contribution in [-0.4, -0.2) is 17.1 Å². The molecule has 0 bridgehead atoms. The summed E-state index contributed by atoms with van der Waals surface area (Å²) in [7, 11) is 0. The second-order valence-electron chi connectivity index (χ2n) is 4.03. The Morgan fingerprint density at radius 2 is 2.23 bits per heavy atom. The normalized spacial score (nSPS) is 22.5. The molecule has 1 aromatic heterocycles. The third kappa shape index (κ3) is 0.996. The molecule has 0 aromatic carbocycles. The number of hydrogen-bond donors (Lipinski definition) is 2. The van der Waals surface area contributed by atoms with Crippen LogP contribution >= 0.6 is 0 Å². The van der Waals surface area contributed by atoms with Gasteiger partial charge in [-0.15, -0.1) is 0 Å². The van der Waals surface area contributed by atoms with Crippen LogP contribution in [0, 0.1) is 0 Å². The van der Waals surface area contributed by atoms with Crippen molar-refractivity contribution in [1.29, 1.82) is 0 Å². The van der Waals surface area contributed by atoms with Gasteiger partial charge in [0.1, 0.15) is 0 Å². The maximum Gasteiger partial charge on any atom is 0.0763 e. The van der Waals surface area contributed by atoms with Gasteiger partial charge in [-0.25, -0.2) is 0 Å². The number of nitrogens with zero attached hydrogens (tertiary/aromatic N) is 1. The van der Waals surface area contributed by atoms with Gasteiger partial charge in [-0.05, 0) is 25.3 Å². The summed E-state index contributed by atoms with van der Waals surface area (Å²) in [6.07, 6.45) is 7.66. The van der Waals surface area contributed by atoms with Gasteiger partial charge in [0, 0.05) is 12.7 Å². The van der Waals surface area contributed by atoms with Crippen LogP contribution in [0.1, 0.15) is 19.3 Å². The summed E-state index contributed by atoms with van der Waals surface area (Å²) < 4.78 is 0. The van der Waals surface area contributed by atoms with E-state index in [1.807, 2.05) is 18.5 Å². The van der Waals surface area contributed by atoms with Crippen molar-refractivity contribution in [1.82, 2.24) is 4.98 Å². The third-order valence-electron chi connectivity index (χ3n) is 3.15. The lowest BCUT2D eigenvalue weighted by Gasteiger charge is -2.46. The van der Waals surface area contributed by atoms with Gasteiger partial charge in [-0.1, -0.05) is 0 Å². The lowest BCUT2D eigenvalue weighted by Crippen LogP contribution is -2.52. The number of aromatic nitrogens is 1. The Balaban J connectivity index is 1.94. The number of anilines is 2. The molecule has 13 heavy (non-hydrogen) atoms. The van der Waals surface area contributed by atoms with Crippen LogP contribution in [0.3, 0.4) is 0 Å². The highest BCUT2D eigenvalue weighted by molar-refractivity contribution is 5.71. The Kier molecular flexibility index (Phi) is 1.31.